The van der Waals surface area contributed by atoms with Crippen molar-refractivity contribution in [3.8, 4) is 12.3 Å². The van der Waals surface area contributed by atoms with Crippen LogP contribution in [0.2, 0.25) is 0 Å². The molecule has 0 aromatic heterocycles. The van der Waals surface area contributed by atoms with Gasteiger partial charge in [-0.25, -0.2) is 4.79 Å². The van der Waals surface area contributed by atoms with Crippen LogP contribution in [0.1, 0.15) is 57.6 Å². The van der Waals surface area contributed by atoms with E-state index in [9.17, 15) is 43.8 Å². The van der Waals surface area contributed by atoms with E-state index in [-0.39, 0.29) is 57.7 Å². The molecule has 6 amide bonds. The molecule has 4 rings (SSSR count). The summed E-state index contributed by atoms with van der Waals surface area (Å²) in [6.07, 6.45) is -0.116. The van der Waals surface area contributed by atoms with Gasteiger partial charge in [0.2, 0.25) is 35.2 Å². The number of terminal acetylenes is 1. The Morgan fingerprint density at radius 3 is 2.42 bits per heavy atom. The van der Waals surface area contributed by atoms with E-state index in [1.54, 1.807) is 44.2 Å². The summed E-state index contributed by atoms with van der Waals surface area (Å²) in [5, 5.41) is 41.0. The Morgan fingerprint density at radius 2 is 1.76 bits per heavy atom. The number of aliphatic hydroxyl groups excluding tert-OH is 2. The lowest BCUT2D eigenvalue weighted by Crippen LogP contribution is -2.49. The van der Waals surface area contributed by atoms with Gasteiger partial charge in [-0.3, -0.25) is 34.1 Å². The van der Waals surface area contributed by atoms with E-state index in [1.165, 1.54) is 6.08 Å². The van der Waals surface area contributed by atoms with Crippen molar-refractivity contribution in [2.24, 2.45) is 16.1 Å². The van der Waals surface area contributed by atoms with Crippen LogP contribution >= 0.6 is 0 Å². The summed E-state index contributed by atoms with van der Waals surface area (Å²) in [7, 11) is 0. The highest BCUT2D eigenvalue weighted by Gasteiger charge is 2.48. The van der Waals surface area contributed by atoms with Gasteiger partial charge in [0.05, 0.1) is 31.5 Å². The van der Waals surface area contributed by atoms with Crippen molar-refractivity contribution in [3.05, 3.63) is 48.0 Å². The first-order chi connectivity index (χ1) is 26.2. The molecule has 8 unspecified atom stereocenters. The number of rotatable bonds is 19. The average molecular weight is 768 g/mol. The smallest absolute Gasteiger partial charge is 0.408 e. The lowest BCUT2D eigenvalue weighted by Gasteiger charge is -2.29. The summed E-state index contributed by atoms with van der Waals surface area (Å²) in [6.45, 7) is 2.97. The molecule has 3 aliphatic rings. The number of carbonyl (C=O) groups excluding carboxylic acids is 7. The maximum absolute atomic E-state index is 13.2. The van der Waals surface area contributed by atoms with Crippen LogP contribution in [0.5, 0.6) is 0 Å². The Balaban J connectivity index is 1.28. The lowest BCUT2D eigenvalue weighted by molar-refractivity contribution is -0.145. The zero-order valence-electron chi connectivity index (χ0n) is 30.3. The third kappa shape index (κ3) is 12.4. The summed E-state index contributed by atoms with van der Waals surface area (Å²) in [5.41, 5.74) is -0.227. The van der Waals surface area contributed by atoms with Crippen LogP contribution in [-0.2, 0) is 43.0 Å². The highest BCUT2D eigenvalue weighted by molar-refractivity contribution is 6.05. The number of aliphatic hydroxyl groups is 2. The third-order valence-electron chi connectivity index (χ3n) is 8.87. The second kappa shape index (κ2) is 19.6. The van der Waals surface area contributed by atoms with Crippen molar-refractivity contribution in [1.29, 1.82) is 0 Å². The Bertz CT molecular complexity index is 1690. The zero-order chi connectivity index (χ0) is 40.1. The molecule has 1 saturated heterocycles. The van der Waals surface area contributed by atoms with Crippen LogP contribution in [0.15, 0.2) is 52.7 Å². The number of alkyl carbamates (subject to hydrolysis) is 1. The van der Waals surface area contributed by atoms with Crippen LogP contribution in [-0.4, -0.2) is 114 Å². The number of hydrogen-bond donors (Lipinski definition) is 7. The lowest BCUT2D eigenvalue weighted by atomic mass is 9.93. The number of esters is 1. The number of nitrogens with one attached hydrogen (secondary N) is 5. The van der Waals surface area contributed by atoms with Gasteiger partial charge in [0.25, 0.3) is 0 Å². The van der Waals surface area contributed by atoms with Gasteiger partial charge in [-0.05, 0) is 12.5 Å². The van der Waals surface area contributed by atoms with Gasteiger partial charge in [-0.15, -0.1) is 12.3 Å². The molecule has 0 bridgehead atoms. The quantitative estimate of drug-likeness (QED) is 0.0517. The molecule has 0 radical (unpaired) electrons. The van der Waals surface area contributed by atoms with Gasteiger partial charge < -0.3 is 45.7 Å². The van der Waals surface area contributed by atoms with E-state index >= 15 is 0 Å². The molecule has 1 aromatic rings. The molecule has 0 saturated carbocycles. The number of nitrogens with zero attached hydrogens (tertiary/aromatic N) is 2. The van der Waals surface area contributed by atoms with E-state index < -0.39 is 89.9 Å². The first-order valence-corrected chi connectivity index (χ1v) is 17.7. The van der Waals surface area contributed by atoms with Crippen molar-refractivity contribution < 1.29 is 58.0 Å². The largest absolute Gasteiger partial charge is 0.466 e. The summed E-state index contributed by atoms with van der Waals surface area (Å²) in [4.78, 5) is 87.2. The molecule has 1 fully saturated rings. The van der Waals surface area contributed by atoms with Crippen molar-refractivity contribution in [2.45, 2.75) is 94.2 Å². The van der Waals surface area contributed by atoms with Crippen LogP contribution in [0, 0.1) is 18.3 Å². The number of benzene rings is 1. The second-order valence-corrected chi connectivity index (χ2v) is 13.2. The standard InChI is InChI=1S/C36H45N7O12/c1-4-9-23(34(51)38-19-36(3)42-43-36)40-35(52)55-31(20-10-7-6-8-11-20)22(39-25(44)5-2)16-17-53-28(47)15-14-26(45)37-18-24-29(48)30(49)32(54-24)21-12-13-27(46)41-33(21)50/h1,6-8,10-13,21-24,29-32,48-49H,5,9,14-19H2,2-3H3,(H,37,45)(H,38,51)(H,39,44)(H,40,52)(H,41,46,50). The Hall–Kier alpha value is -5.71. The molecule has 8 atom stereocenters. The van der Waals surface area contributed by atoms with Gasteiger partial charge in [-0.2, -0.15) is 10.2 Å². The van der Waals surface area contributed by atoms with Crippen molar-refractivity contribution >= 4 is 41.6 Å². The zero-order valence-corrected chi connectivity index (χ0v) is 30.3. The summed E-state index contributed by atoms with van der Waals surface area (Å²) >= 11 is 0. The Kier molecular flexibility index (Phi) is 15.0. The molecule has 55 heavy (non-hydrogen) atoms. The minimum atomic E-state index is -1.47. The normalized spacial score (nSPS) is 23.6. The first-order valence-electron chi connectivity index (χ1n) is 17.7. The molecular weight excluding hydrogens is 722 g/mol. The molecule has 7 N–H and O–H groups in total. The molecule has 1 aromatic carbocycles. The summed E-state index contributed by atoms with van der Waals surface area (Å²) in [5.74, 6) is -2.28. The molecule has 296 valence electrons. The van der Waals surface area contributed by atoms with E-state index in [2.05, 4.69) is 42.7 Å². The molecular formula is C36H45N7O12. The van der Waals surface area contributed by atoms with E-state index in [0.29, 0.717) is 5.56 Å². The fraction of sp³-hybridized carbons (Fsp3) is 0.528. The summed E-state index contributed by atoms with van der Waals surface area (Å²) < 4.78 is 16.7. The predicted molar refractivity (Wildman–Crippen MR) is 189 cm³/mol. The summed E-state index contributed by atoms with van der Waals surface area (Å²) in [6, 6.07) is 6.44. The fourth-order valence-corrected chi connectivity index (χ4v) is 5.70. The van der Waals surface area contributed by atoms with Gasteiger partial charge in [0, 0.05) is 38.3 Å². The first kappa shape index (κ1) is 42.0. The van der Waals surface area contributed by atoms with Crippen molar-refractivity contribution in [2.75, 3.05) is 19.7 Å². The number of hydrogen-bond acceptors (Lipinski definition) is 14. The highest BCUT2D eigenvalue weighted by atomic mass is 16.6. The minimum absolute atomic E-state index is 0.0147. The molecule has 0 spiro atoms. The maximum Gasteiger partial charge on any atom is 0.408 e. The van der Waals surface area contributed by atoms with Gasteiger partial charge in [0.1, 0.15) is 36.6 Å². The van der Waals surface area contributed by atoms with Crippen molar-refractivity contribution in [3.63, 3.8) is 0 Å². The topological polar surface area (TPSA) is 273 Å². The SMILES string of the molecule is C#CCC(NC(=O)OC(c1ccccc1)C(CCOC(=O)CCC(=O)NCC1OC(C2C=CC(=O)NC2=O)C(O)C1O)NC(=O)CC)C(=O)NCC1(C)N=N1. The molecule has 3 aliphatic heterocycles. The number of amides is 6. The van der Waals surface area contributed by atoms with E-state index in [0.717, 1.165) is 6.08 Å². The molecule has 3 heterocycles. The highest BCUT2D eigenvalue weighted by Crippen LogP contribution is 2.29. The predicted octanol–water partition coefficient (Wildman–Crippen LogP) is -0.813. The molecule has 0 aliphatic carbocycles. The Labute approximate surface area is 316 Å². The van der Waals surface area contributed by atoms with Gasteiger partial charge in [-0.1, -0.05) is 43.3 Å². The molecule has 19 nitrogen and oxygen atoms in total. The van der Waals surface area contributed by atoms with Crippen LogP contribution in [0.3, 0.4) is 0 Å². The third-order valence-corrected chi connectivity index (χ3v) is 8.87. The number of carbonyl (C=O) groups is 7. The fourth-order valence-electron chi connectivity index (χ4n) is 5.70. The average Bonchev–Trinajstić information content (AvgIpc) is 3.84. The van der Waals surface area contributed by atoms with E-state index in [1.807, 2.05) is 0 Å². The molecule has 19 heteroatoms. The van der Waals surface area contributed by atoms with Crippen molar-refractivity contribution in [1.82, 2.24) is 26.6 Å². The number of imide groups is 1. The second-order valence-electron chi connectivity index (χ2n) is 13.2. The Morgan fingerprint density at radius 1 is 1.04 bits per heavy atom. The van der Waals surface area contributed by atoms with Crippen LogP contribution in [0.4, 0.5) is 4.79 Å². The van der Waals surface area contributed by atoms with Crippen LogP contribution in [0.25, 0.3) is 0 Å². The maximum atomic E-state index is 13.2. The van der Waals surface area contributed by atoms with Gasteiger partial charge in [0.15, 0.2) is 0 Å². The minimum Gasteiger partial charge on any atom is -0.466 e. The number of ether oxygens (including phenoxy) is 3. The van der Waals surface area contributed by atoms with Gasteiger partial charge >= 0.3 is 12.1 Å². The monoisotopic (exact) mass is 767 g/mol. The van der Waals surface area contributed by atoms with E-state index in [4.69, 9.17) is 20.6 Å². The van der Waals surface area contributed by atoms with Crippen LogP contribution < -0.4 is 26.6 Å².